The lowest BCUT2D eigenvalue weighted by molar-refractivity contribution is 0.0934. The number of amides is 1. The number of hydrogen-bond acceptors (Lipinski definition) is 2. The summed E-state index contributed by atoms with van der Waals surface area (Å²) in [7, 11) is 0. The number of unbranched alkanes of at least 4 members (excludes halogenated alkanes) is 2. The van der Waals surface area contributed by atoms with Gasteiger partial charge in [-0.15, -0.1) is 0 Å². The Morgan fingerprint density at radius 1 is 1.30 bits per heavy atom. The first-order valence-corrected chi connectivity index (χ1v) is 7.43. The summed E-state index contributed by atoms with van der Waals surface area (Å²) in [6, 6.07) is 4.94. The zero-order chi connectivity index (χ0) is 15.2. The number of aryl methyl sites for hydroxylation is 1. The number of phenolic OH excluding ortho intramolecular Hbond substituents is 1. The van der Waals surface area contributed by atoms with Crippen LogP contribution in [0.3, 0.4) is 0 Å². The van der Waals surface area contributed by atoms with Crippen LogP contribution in [-0.2, 0) is 0 Å². The standard InChI is InChI=1S/C17H27NO2/c1-5-6-7-10-17(3,4)12-18-16(20)14-8-9-15(19)13(2)11-14/h8-9,11,19H,5-7,10,12H2,1-4H3,(H,18,20). The van der Waals surface area contributed by atoms with E-state index in [1.807, 2.05) is 0 Å². The van der Waals surface area contributed by atoms with Gasteiger partial charge in [0.05, 0.1) is 0 Å². The fourth-order valence-electron chi connectivity index (χ4n) is 2.16. The predicted molar refractivity (Wildman–Crippen MR) is 83.1 cm³/mol. The van der Waals surface area contributed by atoms with E-state index in [-0.39, 0.29) is 17.1 Å². The van der Waals surface area contributed by atoms with Gasteiger partial charge in [-0.05, 0) is 42.5 Å². The minimum Gasteiger partial charge on any atom is -0.508 e. The largest absolute Gasteiger partial charge is 0.508 e. The first-order chi connectivity index (χ1) is 9.35. The average molecular weight is 277 g/mol. The van der Waals surface area contributed by atoms with Crippen LogP contribution in [0.1, 0.15) is 62.4 Å². The molecule has 0 bridgehead atoms. The Labute approximate surface area is 122 Å². The fraction of sp³-hybridized carbons (Fsp3) is 0.588. The minimum absolute atomic E-state index is 0.0725. The number of benzene rings is 1. The molecule has 20 heavy (non-hydrogen) atoms. The van der Waals surface area contributed by atoms with Crippen molar-refractivity contribution in [3.05, 3.63) is 29.3 Å². The number of carbonyl (C=O) groups is 1. The third-order valence-corrected chi connectivity index (χ3v) is 3.64. The molecule has 1 amide bonds. The second-order valence-electron chi connectivity index (χ2n) is 6.31. The van der Waals surface area contributed by atoms with Crippen molar-refractivity contribution in [1.29, 1.82) is 0 Å². The molecule has 2 N–H and O–H groups in total. The Bertz CT molecular complexity index is 452. The molecule has 0 aliphatic carbocycles. The summed E-state index contributed by atoms with van der Waals surface area (Å²) < 4.78 is 0. The van der Waals surface area contributed by atoms with Crippen LogP contribution < -0.4 is 5.32 Å². The van der Waals surface area contributed by atoms with Gasteiger partial charge in [-0.3, -0.25) is 4.79 Å². The highest BCUT2D eigenvalue weighted by Gasteiger charge is 2.18. The molecule has 0 aliphatic heterocycles. The molecule has 1 aromatic rings. The molecule has 0 saturated carbocycles. The maximum atomic E-state index is 12.1. The molecule has 0 heterocycles. The molecule has 0 radical (unpaired) electrons. The lowest BCUT2D eigenvalue weighted by atomic mass is 9.87. The van der Waals surface area contributed by atoms with Crippen molar-refractivity contribution in [2.75, 3.05) is 6.54 Å². The third-order valence-electron chi connectivity index (χ3n) is 3.64. The Morgan fingerprint density at radius 2 is 2.00 bits per heavy atom. The summed E-state index contributed by atoms with van der Waals surface area (Å²) >= 11 is 0. The summed E-state index contributed by atoms with van der Waals surface area (Å²) in [5.74, 6) is 0.151. The Hall–Kier alpha value is -1.51. The summed E-state index contributed by atoms with van der Waals surface area (Å²) in [5, 5.41) is 12.5. The molecule has 0 saturated heterocycles. The smallest absolute Gasteiger partial charge is 0.251 e. The summed E-state index contributed by atoms with van der Waals surface area (Å²) in [6.07, 6.45) is 4.79. The van der Waals surface area contributed by atoms with E-state index in [1.54, 1.807) is 25.1 Å². The molecule has 0 unspecified atom stereocenters. The van der Waals surface area contributed by atoms with E-state index in [0.29, 0.717) is 12.1 Å². The molecule has 0 aliphatic rings. The van der Waals surface area contributed by atoms with Crippen LogP contribution in [0.4, 0.5) is 0 Å². The summed E-state index contributed by atoms with van der Waals surface area (Å²) in [6.45, 7) is 9.04. The van der Waals surface area contributed by atoms with Gasteiger partial charge in [0.1, 0.15) is 5.75 Å². The first kappa shape index (κ1) is 16.5. The highest BCUT2D eigenvalue weighted by Crippen LogP contribution is 2.23. The Balaban J connectivity index is 2.51. The van der Waals surface area contributed by atoms with Gasteiger partial charge in [0.25, 0.3) is 5.91 Å². The van der Waals surface area contributed by atoms with Gasteiger partial charge in [-0.2, -0.15) is 0 Å². The maximum Gasteiger partial charge on any atom is 0.251 e. The van der Waals surface area contributed by atoms with Gasteiger partial charge in [-0.1, -0.05) is 40.0 Å². The highest BCUT2D eigenvalue weighted by atomic mass is 16.3. The van der Waals surface area contributed by atoms with Crippen molar-refractivity contribution in [2.45, 2.75) is 53.4 Å². The van der Waals surface area contributed by atoms with Gasteiger partial charge < -0.3 is 10.4 Å². The SMILES string of the molecule is CCCCCC(C)(C)CNC(=O)c1ccc(O)c(C)c1. The fourth-order valence-corrected chi connectivity index (χ4v) is 2.16. The predicted octanol–water partition coefficient (Wildman–Crippen LogP) is 4.04. The Kier molecular flexibility index (Phi) is 6.05. The van der Waals surface area contributed by atoms with Crippen LogP contribution in [0.5, 0.6) is 5.75 Å². The molecule has 1 aromatic carbocycles. The lowest BCUT2D eigenvalue weighted by Crippen LogP contribution is -2.34. The minimum atomic E-state index is -0.0725. The van der Waals surface area contributed by atoms with Crippen LogP contribution >= 0.6 is 0 Å². The second kappa shape index (κ2) is 7.32. The van der Waals surface area contributed by atoms with Crippen molar-refractivity contribution in [2.24, 2.45) is 5.41 Å². The average Bonchev–Trinajstić information content (AvgIpc) is 2.39. The molecule has 3 heteroatoms. The van der Waals surface area contributed by atoms with Crippen LogP contribution in [0, 0.1) is 12.3 Å². The van der Waals surface area contributed by atoms with E-state index >= 15 is 0 Å². The zero-order valence-corrected chi connectivity index (χ0v) is 13.1. The monoisotopic (exact) mass is 277 g/mol. The van der Waals surface area contributed by atoms with E-state index in [1.165, 1.54) is 19.3 Å². The third kappa shape index (κ3) is 5.24. The molecule has 3 nitrogen and oxygen atoms in total. The number of rotatable bonds is 7. The van der Waals surface area contributed by atoms with Crippen molar-refractivity contribution in [3.8, 4) is 5.75 Å². The first-order valence-electron chi connectivity index (χ1n) is 7.43. The van der Waals surface area contributed by atoms with Crippen LogP contribution in [-0.4, -0.2) is 17.6 Å². The van der Waals surface area contributed by atoms with Gasteiger partial charge >= 0.3 is 0 Å². The van der Waals surface area contributed by atoms with E-state index in [0.717, 1.165) is 12.0 Å². The van der Waals surface area contributed by atoms with E-state index in [2.05, 4.69) is 26.1 Å². The van der Waals surface area contributed by atoms with E-state index in [9.17, 15) is 9.90 Å². The summed E-state index contributed by atoms with van der Waals surface area (Å²) in [5.41, 5.74) is 1.45. The zero-order valence-electron chi connectivity index (χ0n) is 13.1. The van der Waals surface area contributed by atoms with Crippen molar-refractivity contribution in [1.82, 2.24) is 5.32 Å². The topological polar surface area (TPSA) is 49.3 Å². The molecule has 0 spiro atoms. The second-order valence-corrected chi connectivity index (χ2v) is 6.31. The lowest BCUT2D eigenvalue weighted by Gasteiger charge is -2.25. The molecule has 0 fully saturated rings. The quantitative estimate of drug-likeness (QED) is 0.739. The van der Waals surface area contributed by atoms with E-state index in [4.69, 9.17) is 0 Å². The van der Waals surface area contributed by atoms with E-state index < -0.39 is 0 Å². The van der Waals surface area contributed by atoms with Crippen LogP contribution in [0.15, 0.2) is 18.2 Å². The number of aromatic hydroxyl groups is 1. The van der Waals surface area contributed by atoms with Crippen molar-refractivity contribution >= 4 is 5.91 Å². The van der Waals surface area contributed by atoms with Crippen LogP contribution in [0.2, 0.25) is 0 Å². The molecule has 112 valence electrons. The molecule has 0 atom stereocenters. The molecule has 0 aromatic heterocycles. The Morgan fingerprint density at radius 3 is 2.60 bits per heavy atom. The van der Waals surface area contributed by atoms with Gasteiger partial charge in [0.15, 0.2) is 0 Å². The number of phenols is 1. The van der Waals surface area contributed by atoms with Gasteiger partial charge in [0, 0.05) is 12.1 Å². The van der Waals surface area contributed by atoms with Crippen LogP contribution in [0.25, 0.3) is 0 Å². The van der Waals surface area contributed by atoms with Gasteiger partial charge in [0.2, 0.25) is 0 Å². The molecular formula is C17H27NO2. The number of carbonyl (C=O) groups excluding carboxylic acids is 1. The highest BCUT2D eigenvalue weighted by molar-refractivity contribution is 5.94. The number of nitrogens with one attached hydrogen (secondary N) is 1. The summed E-state index contributed by atoms with van der Waals surface area (Å²) in [4.78, 5) is 12.1. The van der Waals surface area contributed by atoms with Crippen molar-refractivity contribution in [3.63, 3.8) is 0 Å². The molecule has 1 rings (SSSR count). The normalized spacial score (nSPS) is 11.4. The number of hydrogen-bond donors (Lipinski definition) is 2. The maximum absolute atomic E-state index is 12.1. The van der Waals surface area contributed by atoms with Crippen molar-refractivity contribution < 1.29 is 9.90 Å². The molecular weight excluding hydrogens is 250 g/mol. The van der Waals surface area contributed by atoms with Gasteiger partial charge in [-0.25, -0.2) is 0 Å².